The highest BCUT2D eigenvalue weighted by Gasteiger charge is 2.34. The minimum Gasteiger partial charge on any atom is -0.409 e. The molecule has 1 aliphatic carbocycles. The van der Waals surface area contributed by atoms with E-state index in [4.69, 9.17) is 8.54 Å². The van der Waals surface area contributed by atoms with Crippen LogP contribution in [-0.4, -0.2) is 26.7 Å². The molecule has 4 rings (SSSR count). The molecule has 176 valence electrons. The van der Waals surface area contributed by atoms with Gasteiger partial charge in [0.15, 0.2) is 8.32 Å². The van der Waals surface area contributed by atoms with Gasteiger partial charge in [-0.1, -0.05) is 75.4 Å². The Balaban J connectivity index is 1.72. The Hall–Kier alpha value is -1.72. The molecule has 0 aliphatic heterocycles. The van der Waals surface area contributed by atoms with Crippen molar-refractivity contribution < 1.29 is 8.54 Å². The fourth-order valence-electron chi connectivity index (χ4n) is 5.25. The van der Waals surface area contributed by atoms with E-state index in [1.165, 1.54) is 16.0 Å². The van der Waals surface area contributed by atoms with E-state index in [9.17, 15) is 0 Å². The van der Waals surface area contributed by atoms with E-state index >= 15 is 0 Å². The van der Waals surface area contributed by atoms with Gasteiger partial charge in [-0.15, -0.1) is 11.3 Å². The molecule has 33 heavy (non-hydrogen) atoms. The lowest BCUT2D eigenvalue weighted by Gasteiger charge is -2.35. The Morgan fingerprint density at radius 1 is 0.939 bits per heavy atom. The maximum absolute atomic E-state index is 8.62. The molecule has 1 heterocycles. The summed E-state index contributed by atoms with van der Waals surface area (Å²) in [4.78, 5) is 2.96. The molecule has 0 amide bonds. The van der Waals surface area contributed by atoms with Gasteiger partial charge in [-0.3, -0.25) is 4.90 Å². The van der Waals surface area contributed by atoms with Gasteiger partial charge in [-0.2, -0.15) is 0 Å². The van der Waals surface area contributed by atoms with E-state index in [0.29, 0.717) is 13.0 Å². The van der Waals surface area contributed by atoms with Crippen LogP contribution < -0.4 is 0 Å². The Morgan fingerprint density at radius 2 is 1.55 bits per heavy atom. The Labute approximate surface area is 210 Å². The smallest absolute Gasteiger partial charge is 0.192 e. The van der Waals surface area contributed by atoms with E-state index in [2.05, 4.69) is 74.7 Å². The lowest BCUT2D eigenvalue weighted by atomic mass is 9.93. The van der Waals surface area contributed by atoms with E-state index in [1.54, 1.807) is 16.2 Å². The molecule has 0 saturated carbocycles. The van der Waals surface area contributed by atoms with Crippen LogP contribution in [0.1, 0.15) is 70.6 Å². The first kappa shape index (κ1) is 20.6. The van der Waals surface area contributed by atoms with Crippen molar-refractivity contribution in [3.63, 3.8) is 0 Å². The van der Waals surface area contributed by atoms with Crippen LogP contribution in [0, 0.1) is 0 Å². The number of hydrogen-bond donors (Lipinski definition) is 0. The Kier molecular flexibility index (Phi) is 6.96. The second kappa shape index (κ2) is 11.1. The van der Waals surface area contributed by atoms with Gasteiger partial charge in [-0.05, 0) is 78.1 Å². The third kappa shape index (κ3) is 5.35. The average molecular weight is 481 g/mol. The largest absolute Gasteiger partial charge is 0.409 e. The first-order chi connectivity index (χ1) is 17.3. The summed E-state index contributed by atoms with van der Waals surface area (Å²) in [7, 11) is -1.87. The Morgan fingerprint density at radius 3 is 2.06 bits per heavy atom. The molecule has 4 heteroatoms. The van der Waals surface area contributed by atoms with Gasteiger partial charge in [0.05, 0.1) is 12.1 Å². The van der Waals surface area contributed by atoms with Gasteiger partial charge in [0, 0.05) is 15.5 Å². The molecule has 1 atom stereocenters. The number of hydrogen-bond acceptors (Lipinski definition) is 3. The number of thiophene rings is 1. The standard InChI is InChI=1S/C29H39NOSSi/c1-5-33(6-2,7-3)31-27(28-17-12-22-32-28)20-21-30(4)29-25-15-10-8-13-23(25)18-19-24-14-9-11-16-26(24)29/h8-17,22,27,29H,5-7,18-21H2,1-4H3/t27-/m0/s1/i4D3. The molecular weight excluding hydrogens is 438 g/mol. The molecular formula is C29H39NOSSi. The zero-order chi connectivity index (χ0) is 25.8. The molecule has 0 N–H and O–H groups in total. The summed E-state index contributed by atoms with van der Waals surface area (Å²) in [5.74, 6) is 0. The van der Waals surface area contributed by atoms with Crippen LogP contribution in [0.5, 0.6) is 0 Å². The predicted molar refractivity (Wildman–Crippen MR) is 145 cm³/mol. The zero-order valence-electron chi connectivity index (χ0n) is 23.2. The van der Waals surface area contributed by atoms with Gasteiger partial charge in [-0.25, -0.2) is 0 Å². The molecule has 2 aromatic carbocycles. The van der Waals surface area contributed by atoms with Gasteiger partial charge >= 0.3 is 0 Å². The van der Waals surface area contributed by atoms with Crippen LogP contribution in [0.4, 0.5) is 0 Å². The summed E-state index contributed by atoms with van der Waals surface area (Å²) in [6.07, 6.45) is 2.44. The SMILES string of the molecule is [2H]C([2H])([2H])N(CC[C@H](O[Si](CC)(CC)CC)c1cccs1)C1c2ccccc2CCc2ccccc21. The lowest BCUT2D eigenvalue weighted by molar-refractivity contribution is 0.155. The number of fused-ring (bicyclic) bond motifs is 2. The first-order valence-corrected chi connectivity index (χ1v) is 15.9. The summed E-state index contributed by atoms with van der Waals surface area (Å²) < 4.78 is 32.8. The number of benzene rings is 2. The van der Waals surface area contributed by atoms with Crippen molar-refractivity contribution in [2.24, 2.45) is 0 Å². The van der Waals surface area contributed by atoms with Crippen LogP contribution in [0.3, 0.4) is 0 Å². The average Bonchev–Trinajstić information content (AvgIpc) is 3.37. The van der Waals surface area contributed by atoms with Crippen molar-refractivity contribution in [1.29, 1.82) is 0 Å². The van der Waals surface area contributed by atoms with E-state index in [0.717, 1.165) is 42.1 Å². The van der Waals surface area contributed by atoms with Crippen molar-refractivity contribution in [2.45, 2.75) is 70.3 Å². The summed E-state index contributed by atoms with van der Waals surface area (Å²) in [5, 5.41) is 2.10. The summed E-state index contributed by atoms with van der Waals surface area (Å²) in [6.45, 7) is 4.95. The highest BCUT2D eigenvalue weighted by Crippen LogP contribution is 2.38. The molecule has 2 nitrogen and oxygen atoms in total. The maximum Gasteiger partial charge on any atom is 0.192 e. The lowest BCUT2D eigenvalue weighted by Crippen LogP contribution is -2.38. The van der Waals surface area contributed by atoms with E-state index in [1.807, 2.05) is 12.1 Å². The monoisotopic (exact) mass is 480 g/mol. The highest BCUT2D eigenvalue weighted by atomic mass is 32.1. The number of rotatable bonds is 10. The summed E-state index contributed by atoms with van der Waals surface area (Å²) >= 11 is 1.72. The molecule has 0 bridgehead atoms. The zero-order valence-corrected chi connectivity index (χ0v) is 22.0. The van der Waals surface area contributed by atoms with Gasteiger partial charge in [0.1, 0.15) is 0 Å². The van der Waals surface area contributed by atoms with Crippen LogP contribution in [0.2, 0.25) is 18.1 Å². The molecule has 0 unspecified atom stereocenters. The topological polar surface area (TPSA) is 12.5 Å². The minimum absolute atomic E-state index is 0.0716. The third-order valence-electron chi connectivity index (χ3n) is 7.49. The van der Waals surface area contributed by atoms with Gasteiger partial charge in [0.2, 0.25) is 0 Å². The highest BCUT2D eigenvalue weighted by molar-refractivity contribution is 7.10. The van der Waals surface area contributed by atoms with Crippen LogP contribution in [0.15, 0.2) is 66.0 Å². The fraction of sp³-hybridized carbons (Fsp3) is 0.448. The second-order valence-electron chi connectivity index (χ2n) is 9.15. The third-order valence-corrected chi connectivity index (χ3v) is 13.1. The molecule has 3 aromatic rings. The van der Waals surface area contributed by atoms with Crippen molar-refractivity contribution in [2.75, 3.05) is 13.5 Å². The molecule has 0 spiro atoms. The Bertz CT molecular complexity index is 1060. The molecule has 1 aromatic heterocycles. The van der Waals surface area contributed by atoms with Crippen LogP contribution in [-0.2, 0) is 17.3 Å². The van der Waals surface area contributed by atoms with Crippen molar-refractivity contribution in [3.8, 4) is 0 Å². The summed E-state index contributed by atoms with van der Waals surface area (Å²) in [6, 6.07) is 23.9. The molecule has 0 radical (unpaired) electrons. The van der Waals surface area contributed by atoms with Crippen molar-refractivity contribution in [1.82, 2.24) is 4.90 Å². The van der Waals surface area contributed by atoms with Gasteiger partial charge in [0.25, 0.3) is 0 Å². The van der Waals surface area contributed by atoms with Crippen molar-refractivity contribution in [3.05, 3.63) is 93.2 Å². The van der Waals surface area contributed by atoms with Crippen LogP contribution >= 0.6 is 11.3 Å². The minimum atomic E-state index is -2.23. The van der Waals surface area contributed by atoms with Crippen LogP contribution in [0.25, 0.3) is 0 Å². The normalized spacial score (nSPS) is 16.9. The van der Waals surface area contributed by atoms with E-state index in [-0.39, 0.29) is 12.1 Å². The molecule has 0 saturated heterocycles. The van der Waals surface area contributed by atoms with Gasteiger partial charge < -0.3 is 4.43 Å². The summed E-state index contributed by atoms with van der Waals surface area (Å²) in [5.41, 5.74) is 4.72. The van der Waals surface area contributed by atoms with E-state index < -0.39 is 15.3 Å². The molecule has 1 aliphatic rings. The van der Waals surface area contributed by atoms with Crippen molar-refractivity contribution >= 4 is 19.7 Å². The second-order valence-corrected chi connectivity index (χ2v) is 14.9. The first-order valence-electron chi connectivity index (χ1n) is 14.0. The maximum atomic E-state index is 8.62. The number of nitrogens with zero attached hydrogens (tertiary/aromatic N) is 1. The quantitative estimate of drug-likeness (QED) is 0.272. The molecule has 0 fully saturated rings. The fourth-order valence-corrected chi connectivity index (χ4v) is 8.97. The number of aryl methyl sites for hydroxylation is 2. The predicted octanol–water partition coefficient (Wildman–Crippen LogP) is 8.02.